The van der Waals surface area contributed by atoms with Crippen molar-refractivity contribution in [2.24, 2.45) is 0 Å². The molecular weight excluding hydrogens is 335 g/mol. The van der Waals surface area contributed by atoms with Gasteiger partial charge in [-0.15, -0.1) is 0 Å². The van der Waals surface area contributed by atoms with E-state index in [0.717, 1.165) is 0 Å². The van der Waals surface area contributed by atoms with E-state index in [4.69, 9.17) is 4.74 Å². The summed E-state index contributed by atoms with van der Waals surface area (Å²) in [6, 6.07) is 11.3. The lowest BCUT2D eigenvalue weighted by atomic mass is 10.3. The molecule has 0 saturated carbocycles. The fourth-order valence-electron chi connectivity index (χ4n) is 1.93. The standard InChI is InChI=1S/C16H17FN2O4S/c1-23-14-5-7-15(8-6-14)24(21,22)18-10-9-16(20)19-13-4-2-3-12(17)11-13/h2-8,11,18H,9-10H2,1H3,(H,19,20). The van der Waals surface area contributed by atoms with E-state index >= 15 is 0 Å². The van der Waals surface area contributed by atoms with Crippen molar-refractivity contribution in [3.8, 4) is 5.75 Å². The quantitative estimate of drug-likeness (QED) is 0.800. The van der Waals surface area contributed by atoms with E-state index in [0.29, 0.717) is 11.4 Å². The molecule has 0 aromatic heterocycles. The van der Waals surface area contributed by atoms with Crippen LogP contribution in [0.1, 0.15) is 6.42 Å². The second-order valence-corrected chi connectivity index (χ2v) is 6.65. The van der Waals surface area contributed by atoms with Crippen LogP contribution in [0.5, 0.6) is 5.75 Å². The van der Waals surface area contributed by atoms with Gasteiger partial charge in [0.15, 0.2) is 0 Å². The van der Waals surface area contributed by atoms with Crippen molar-refractivity contribution < 1.29 is 22.3 Å². The molecule has 0 fully saturated rings. The van der Waals surface area contributed by atoms with Gasteiger partial charge in [-0.2, -0.15) is 0 Å². The normalized spacial score (nSPS) is 11.1. The molecule has 2 aromatic carbocycles. The van der Waals surface area contributed by atoms with E-state index < -0.39 is 21.7 Å². The van der Waals surface area contributed by atoms with Crippen LogP contribution in [0.4, 0.5) is 10.1 Å². The zero-order valence-electron chi connectivity index (χ0n) is 13.0. The molecule has 2 rings (SSSR count). The Morgan fingerprint density at radius 1 is 1.17 bits per heavy atom. The second kappa shape index (κ2) is 7.89. The number of halogens is 1. The number of hydrogen-bond acceptors (Lipinski definition) is 4. The van der Waals surface area contributed by atoms with Crippen LogP contribution in [-0.4, -0.2) is 28.0 Å². The first-order chi connectivity index (χ1) is 11.4. The Bertz CT molecular complexity index is 807. The molecule has 8 heteroatoms. The maximum absolute atomic E-state index is 13.0. The summed E-state index contributed by atoms with van der Waals surface area (Å²) < 4.78 is 44.5. The van der Waals surface area contributed by atoms with E-state index in [-0.39, 0.29) is 17.9 Å². The Balaban J connectivity index is 1.86. The average molecular weight is 352 g/mol. The predicted molar refractivity (Wildman–Crippen MR) is 87.8 cm³/mol. The highest BCUT2D eigenvalue weighted by Crippen LogP contribution is 2.15. The first kappa shape index (κ1) is 17.9. The molecule has 0 heterocycles. The van der Waals surface area contributed by atoms with Crippen molar-refractivity contribution in [3.63, 3.8) is 0 Å². The molecule has 2 aromatic rings. The zero-order valence-corrected chi connectivity index (χ0v) is 13.8. The monoisotopic (exact) mass is 352 g/mol. The van der Waals surface area contributed by atoms with Gasteiger partial charge in [-0.05, 0) is 42.5 Å². The Morgan fingerprint density at radius 3 is 2.50 bits per heavy atom. The lowest BCUT2D eigenvalue weighted by Crippen LogP contribution is -2.27. The van der Waals surface area contributed by atoms with Gasteiger partial charge in [-0.25, -0.2) is 17.5 Å². The number of carbonyl (C=O) groups excluding carboxylic acids is 1. The maximum Gasteiger partial charge on any atom is 0.240 e. The lowest BCUT2D eigenvalue weighted by molar-refractivity contribution is -0.116. The Morgan fingerprint density at radius 2 is 1.88 bits per heavy atom. The molecule has 24 heavy (non-hydrogen) atoms. The van der Waals surface area contributed by atoms with Crippen molar-refractivity contribution in [1.82, 2.24) is 4.72 Å². The van der Waals surface area contributed by atoms with Crippen molar-refractivity contribution in [2.45, 2.75) is 11.3 Å². The first-order valence-electron chi connectivity index (χ1n) is 7.10. The van der Waals surface area contributed by atoms with Gasteiger partial charge in [0.25, 0.3) is 0 Å². The van der Waals surface area contributed by atoms with Crippen LogP contribution >= 0.6 is 0 Å². The van der Waals surface area contributed by atoms with Crippen LogP contribution in [-0.2, 0) is 14.8 Å². The van der Waals surface area contributed by atoms with Crippen LogP contribution < -0.4 is 14.8 Å². The van der Waals surface area contributed by atoms with E-state index in [1.54, 1.807) is 6.07 Å². The highest BCUT2D eigenvalue weighted by Gasteiger charge is 2.14. The van der Waals surface area contributed by atoms with E-state index in [9.17, 15) is 17.6 Å². The Kier molecular flexibility index (Phi) is 5.88. The van der Waals surface area contributed by atoms with Crippen LogP contribution in [0.2, 0.25) is 0 Å². The predicted octanol–water partition coefficient (Wildman–Crippen LogP) is 2.14. The molecule has 0 aliphatic heterocycles. The minimum Gasteiger partial charge on any atom is -0.497 e. The molecule has 0 aliphatic rings. The molecule has 0 spiro atoms. The van der Waals surface area contributed by atoms with Gasteiger partial charge in [0.1, 0.15) is 11.6 Å². The molecule has 0 radical (unpaired) electrons. The number of methoxy groups -OCH3 is 1. The van der Waals surface area contributed by atoms with E-state index in [2.05, 4.69) is 10.0 Å². The smallest absolute Gasteiger partial charge is 0.240 e. The Hall–Kier alpha value is -2.45. The fourth-order valence-corrected chi connectivity index (χ4v) is 2.96. The maximum atomic E-state index is 13.0. The summed E-state index contributed by atoms with van der Waals surface area (Å²) in [5.74, 6) is -0.338. The largest absolute Gasteiger partial charge is 0.497 e. The highest BCUT2D eigenvalue weighted by molar-refractivity contribution is 7.89. The molecule has 128 valence electrons. The van der Waals surface area contributed by atoms with Gasteiger partial charge in [-0.3, -0.25) is 4.79 Å². The summed E-state index contributed by atoms with van der Waals surface area (Å²) in [7, 11) is -2.22. The van der Waals surface area contributed by atoms with Crippen LogP contribution in [0.25, 0.3) is 0 Å². The number of anilines is 1. The lowest BCUT2D eigenvalue weighted by Gasteiger charge is -2.08. The van der Waals surface area contributed by atoms with Crippen LogP contribution in [0.15, 0.2) is 53.4 Å². The Labute approximate surface area is 139 Å². The number of hydrogen-bond donors (Lipinski definition) is 2. The minimum absolute atomic E-state index is 0.0739. The van der Waals surface area contributed by atoms with Gasteiger partial charge in [0.2, 0.25) is 15.9 Å². The molecule has 0 bridgehead atoms. The highest BCUT2D eigenvalue weighted by atomic mass is 32.2. The summed E-state index contributed by atoms with van der Waals surface area (Å²) >= 11 is 0. The van der Waals surface area contributed by atoms with Crippen molar-refractivity contribution in [2.75, 3.05) is 19.0 Å². The van der Waals surface area contributed by atoms with E-state index in [1.165, 1.54) is 49.6 Å². The minimum atomic E-state index is -3.71. The van der Waals surface area contributed by atoms with Gasteiger partial charge in [0.05, 0.1) is 12.0 Å². The molecule has 6 nitrogen and oxygen atoms in total. The molecular formula is C16H17FN2O4S. The summed E-state index contributed by atoms with van der Waals surface area (Å²) in [5.41, 5.74) is 0.318. The number of sulfonamides is 1. The summed E-state index contributed by atoms with van der Waals surface area (Å²) in [5, 5.41) is 2.49. The fraction of sp³-hybridized carbons (Fsp3) is 0.188. The summed E-state index contributed by atoms with van der Waals surface area (Å²) in [6.07, 6.45) is -0.0775. The van der Waals surface area contributed by atoms with Crippen molar-refractivity contribution in [3.05, 3.63) is 54.3 Å². The zero-order chi connectivity index (χ0) is 17.6. The van der Waals surface area contributed by atoms with Crippen LogP contribution in [0.3, 0.4) is 0 Å². The molecule has 0 unspecified atom stereocenters. The van der Waals surface area contributed by atoms with Gasteiger partial charge in [0, 0.05) is 18.7 Å². The number of benzene rings is 2. The summed E-state index contributed by atoms with van der Waals surface area (Å²) in [4.78, 5) is 11.8. The number of rotatable bonds is 7. The van der Waals surface area contributed by atoms with Gasteiger partial charge in [-0.1, -0.05) is 6.07 Å². The SMILES string of the molecule is COc1ccc(S(=O)(=O)NCCC(=O)Nc2cccc(F)c2)cc1. The van der Waals surface area contributed by atoms with Crippen LogP contribution in [0, 0.1) is 5.82 Å². The third-order valence-electron chi connectivity index (χ3n) is 3.12. The third kappa shape index (κ3) is 5.04. The molecule has 2 N–H and O–H groups in total. The molecule has 1 amide bonds. The number of amides is 1. The first-order valence-corrected chi connectivity index (χ1v) is 8.58. The van der Waals surface area contributed by atoms with Gasteiger partial charge >= 0.3 is 0 Å². The molecule has 0 saturated heterocycles. The van der Waals surface area contributed by atoms with Crippen molar-refractivity contribution in [1.29, 1.82) is 0 Å². The average Bonchev–Trinajstić information content (AvgIpc) is 2.54. The third-order valence-corrected chi connectivity index (χ3v) is 4.60. The number of nitrogens with one attached hydrogen (secondary N) is 2. The summed E-state index contributed by atoms with van der Waals surface area (Å²) in [6.45, 7) is -0.0739. The number of ether oxygens (including phenoxy) is 1. The topological polar surface area (TPSA) is 84.5 Å². The van der Waals surface area contributed by atoms with Crippen molar-refractivity contribution >= 4 is 21.6 Å². The number of carbonyl (C=O) groups is 1. The molecule has 0 atom stereocenters. The van der Waals surface area contributed by atoms with E-state index in [1.807, 2.05) is 0 Å². The second-order valence-electron chi connectivity index (χ2n) is 4.88. The molecule has 0 aliphatic carbocycles. The van der Waals surface area contributed by atoms with Gasteiger partial charge < -0.3 is 10.1 Å².